The van der Waals surface area contributed by atoms with Gasteiger partial charge in [-0.3, -0.25) is 0 Å². The summed E-state index contributed by atoms with van der Waals surface area (Å²) in [6.07, 6.45) is 0. The van der Waals surface area contributed by atoms with Crippen LogP contribution in [0.2, 0.25) is 0 Å². The topological polar surface area (TPSA) is 24.6 Å². The van der Waals surface area contributed by atoms with Crippen LogP contribution < -0.4 is 0 Å². The molecule has 1 aromatic carbocycles. The van der Waals surface area contributed by atoms with E-state index in [0.717, 1.165) is 0 Å². The summed E-state index contributed by atoms with van der Waals surface area (Å²) in [5.41, 5.74) is -0.982. The highest BCUT2D eigenvalue weighted by molar-refractivity contribution is 5.31. The summed E-state index contributed by atoms with van der Waals surface area (Å²) in [5, 5.41) is 9.04. The van der Waals surface area contributed by atoms with Crippen molar-refractivity contribution in [2.45, 2.75) is 25.6 Å². The summed E-state index contributed by atoms with van der Waals surface area (Å²) >= 11 is 0. The van der Waals surface area contributed by atoms with E-state index in [1.165, 1.54) is 26.0 Å². The zero-order valence-electron chi connectivity index (χ0n) is 8.16. The van der Waals surface area contributed by atoms with Crippen molar-refractivity contribution in [3.63, 3.8) is 0 Å². The molecule has 0 aliphatic heterocycles. The Hall–Kier alpha value is -1.56. The van der Waals surface area contributed by atoms with E-state index >= 15 is 0 Å². The van der Waals surface area contributed by atoms with Crippen LogP contribution >= 0.6 is 0 Å². The van der Waals surface area contributed by atoms with E-state index in [9.17, 15) is 4.39 Å². The Balaban J connectivity index is 3.04. The summed E-state index contributed by atoms with van der Waals surface area (Å²) in [5.74, 6) is 0.120. The van der Waals surface area contributed by atoms with Crippen LogP contribution in [0.25, 0.3) is 4.85 Å². The van der Waals surface area contributed by atoms with E-state index in [1.54, 1.807) is 12.1 Å². The molecule has 0 spiro atoms. The molecule has 0 saturated heterocycles. The van der Waals surface area contributed by atoms with Gasteiger partial charge in [0.25, 0.3) is 6.04 Å². The minimum absolute atomic E-state index is 0.120. The van der Waals surface area contributed by atoms with Crippen LogP contribution in [0.4, 0.5) is 4.39 Å². The van der Waals surface area contributed by atoms with Gasteiger partial charge in [-0.2, -0.15) is 0 Å². The van der Waals surface area contributed by atoms with Gasteiger partial charge in [0.2, 0.25) is 0 Å². The van der Waals surface area contributed by atoms with Crippen molar-refractivity contribution >= 4 is 0 Å². The van der Waals surface area contributed by atoms with E-state index in [4.69, 9.17) is 11.7 Å². The molecule has 74 valence electrons. The first-order chi connectivity index (χ1) is 6.45. The molecule has 14 heavy (non-hydrogen) atoms. The first kappa shape index (κ1) is 10.5. The summed E-state index contributed by atoms with van der Waals surface area (Å²) in [7, 11) is 0. The number of phenols is 1. The highest BCUT2D eigenvalue weighted by atomic mass is 19.1. The molecule has 1 unspecified atom stereocenters. The molecule has 0 aromatic heterocycles. The minimum Gasteiger partial charge on any atom is -0.508 e. The lowest BCUT2D eigenvalue weighted by molar-refractivity contribution is 0.193. The number of halogens is 1. The Morgan fingerprint density at radius 1 is 1.36 bits per heavy atom. The average Bonchev–Trinajstić information content (AvgIpc) is 2.07. The second-order valence-corrected chi connectivity index (χ2v) is 3.69. The Bertz CT molecular complexity index is 345. The molecule has 0 fully saturated rings. The van der Waals surface area contributed by atoms with Gasteiger partial charge in [0.1, 0.15) is 5.75 Å². The molecule has 1 aromatic rings. The normalized spacial score (nSPS) is 13.3. The highest BCUT2D eigenvalue weighted by Crippen LogP contribution is 2.33. The second kappa shape index (κ2) is 3.67. The summed E-state index contributed by atoms with van der Waals surface area (Å²) in [6, 6.07) is 5.24. The van der Waals surface area contributed by atoms with Crippen molar-refractivity contribution in [3.8, 4) is 5.75 Å². The molecule has 0 bridgehead atoms. The second-order valence-electron chi connectivity index (χ2n) is 3.69. The van der Waals surface area contributed by atoms with Crippen LogP contribution in [0.5, 0.6) is 5.75 Å². The lowest BCUT2D eigenvalue weighted by Gasteiger charge is -2.16. The Morgan fingerprint density at radius 3 is 2.21 bits per heavy atom. The predicted octanol–water partition coefficient (Wildman–Crippen LogP) is 3.10. The van der Waals surface area contributed by atoms with Crippen molar-refractivity contribution < 1.29 is 9.50 Å². The lowest BCUT2D eigenvalue weighted by Crippen LogP contribution is -2.20. The van der Waals surface area contributed by atoms with Gasteiger partial charge in [-0.05, 0) is 38.1 Å². The smallest absolute Gasteiger partial charge is 0.281 e. The molecule has 0 amide bonds. The third-order valence-corrected chi connectivity index (χ3v) is 1.99. The molecular weight excluding hydrogens is 181 g/mol. The zero-order valence-corrected chi connectivity index (χ0v) is 8.16. The molecule has 0 aliphatic rings. The van der Waals surface area contributed by atoms with Gasteiger partial charge >= 0.3 is 0 Å². The summed E-state index contributed by atoms with van der Waals surface area (Å²) in [4.78, 5) is 3.25. The van der Waals surface area contributed by atoms with Gasteiger partial charge in [-0.25, -0.2) is 11.0 Å². The molecule has 0 heterocycles. The van der Waals surface area contributed by atoms with Crippen molar-refractivity contribution in [2.24, 2.45) is 0 Å². The number of alkyl halides is 1. The van der Waals surface area contributed by atoms with E-state index < -0.39 is 11.7 Å². The number of benzene rings is 1. The average molecular weight is 193 g/mol. The first-order valence-electron chi connectivity index (χ1n) is 4.29. The van der Waals surface area contributed by atoms with Crippen LogP contribution in [0.1, 0.15) is 25.5 Å². The van der Waals surface area contributed by atoms with Gasteiger partial charge in [-0.1, -0.05) is 0 Å². The van der Waals surface area contributed by atoms with Gasteiger partial charge in [0.05, 0.1) is 0 Å². The number of nitrogens with zero attached hydrogens (tertiary/aromatic N) is 1. The molecule has 1 N–H and O–H groups in total. The Morgan fingerprint density at radius 2 is 1.86 bits per heavy atom. The first-order valence-corrected chi connectivity index (χ1v) is 4.29. The van der Waals surface area contributed by atoms with Crippen LogP contribution in [-0.2, 0) is 0 Å². The fourth-order valence-corrected chi connectivity index (χ4v) is 1.28. The van der Waals surface area contributed by atoms with E-state index in [-0.39, 0.29) is 5.75 Å². The van der Waals surface area contributed by atoms with Crippen molar-refractivity contribution in [3.05, 3.63) is 41.2 Å². The van der Waals surface area contributed by atoms with Crippen molar-refractivity contribution in [1.82, 2.24) is 0 Å². The van der Waals surface area contributed by atoms with Crippen LogP contribution in [0.15, 0.2) is 24.3 Å². The molecule has 0 saturated carbocycles. The largest absolute Gasteiger partial charge is 0.508 e. The summed E-state index contributed by atoms with van der Waals surface area (Å²) in [6.45, 7) is 9.68. The lowest BCUT2D eigenvalue weighted by atomic mass is 9.94. The standard InChI is InChI=1S/C11H12FNO/c1-11(2,12)10(13-3)8-4-6-9(14)7-5-8/h4-7,10,14H,1-2H3. The summed E-state index contributed by atoms with van der Waals surface area (Å²) < 4.78 is 13.6. The number of hydrogen-bond donors (Lipinski definition) is 1. The number of phenolic OH excluding ortho intramolecular Hbond substituents is 1. The fourth-order valence-electron chi connectivity index (χ4n) is 1.28. The molecule has 0 aliphatic carbocycles. The number of rotatable bonds is 2. The quantitative estimate of drug-likeness (QED) is 0.717. The molecule has 3 heteroatoms. The predicted molar refractivity (Wildman–Crippen MR) is 52.6 cm³/mol. The Kier molecular flexibility index (Phi) is 2.76. The monoisotopic (exact) mass is 193 g/mol. The highest BCUT2D eigenvalue weighted by Gasteiger charge is 2.36. The molecule has 1 rings (SSSR count). The van der Waals surface area contributed by atoms with Crippen molar-refractivity contribution in [2.75, 3.05) is 0 Å². The molecular formula is C11H12FNO. The molecule has 2 nitrogen and oxygen atoms in total. The zero-order chi connectivity index (χ0) is 10.8. The third-order valence-electron chi connectivity index (χ3n) is 1.99. The van der Waals surface area contributed by atoms with Gasteiger partial charge in [0, 0.05) is 5.56 Å². The maximum Gasteiger partial charge on any atom is 0.281 e. The fraction of sp³-hybridized carbons (Fsp3) is 0.364. The van der Waals surface area contributed by atoms with E-state index in [1.807, 2.05) is 0 Å². The van der Waals surface area contributed by atoms with Gasteiger partial charge < -0.3 is 9.95 Å². The number of aromatic hydroxyl groups is 1. The van der Waals surface area contributed by atoms with Crippen LogP contribution in [-0.4, -0.2) is 10.8 Å². The molecule has 0 radical (unpaired) electrons. The maximum atomic E-state index is 13.6. The Labute approximate surface area is 82.8 Å². The van der Waals surface area contributed by atoms with Crippen LogP contribution in [0, 0.1) is 6.57 Å². The SMILES string of the molecule is [C-]#[N+]C(c1ccc(O)cc1)C(C)(C)F. The third kappa shape index (κ3) is 2.23. The van der Waals surface area contributed by atoms with E-state index in [0.29, 0.717) is 5.56 Å². The van der Waals surface area contributed by atoms with E-state index in [2.05, 4.69) is 4.85 Å². The van der Waals surface area contributed by atoms with Crippen molar-refractivity contribution in [1.29, 1.82) is 0 Å². The van der Waals surface area contributed by atoms with Crippen LogP contribution in [0.3, 0.4) is 0 Å². The number of hydrogen-bond acceptors (Lipinski definition) is 1. The van der Waals surface area contributed by atoms with Gasteiger partial charge in [-0.15, -0.1) is 0 Å². The van der Waals surface area contributed by atoms with Gasteiger partial charge in [0.15, 0.2) is 5.67 Å². The molecule has 1 atom stereocenters. The minimum atomic E-state index is -1.57. The maximum absolute atomic E-state index is 13.6.